The smallest absolute Gasteiger partial charge is 0.170 e. The van der Waals surface area contributed by atoms with Crippen LogP contribution in [0.4, 0.5) is 13.2 Å². The second kappa shape index (κ2) is 5.09. The molecule has 1 atom stereocenters. The van der Waals surface area contributed by atoms with E-state index in [0.29, 0.717) is 5.39 Å². The summed E-state index contributed by atoms with van der Waals surface area (Å²) in [6.45, 7) is 0. The fourth-order valence-electron chi connectivity index (χ4n) is 2.08. The molecular formula is C15H8ClF3O2. The molecule has 0 fully saturated rings. The van der Waals surface area contributed by atoms with Crippen LogP contribution in [0.5, 0.6) is 0 Å². The Kier molecular flexibility index (Phi) is 3.39. The fourth-order valence-corrected chi connectivity index (χ4v) is 2.23. The lowest BCUT2D eigenvalue weighted by Crippen LogP contribution is -2.02. The Morgan fingerprint density at radius 1 is 1.00 bits per heavy atom. The van der Waals surface area contributed by atoms with E-state index in [1.807, 2.05) is 0 Å². The number of aliphatic hydroxyl groups excluding tert-OH is 1. The molecule has 6 heteroatoms. The van der Waals surface area contributed by atoms with Crippen molar-refractivity contribution < 1.29 is 22.7 Å². The van der Waals surface area contributed by atoms with Crippen LogP contribution in [0.1, 0.15) is 17.4 Å². The molecule has 2 aromatic carbocycles. The van der Waals surface area contributed by atoms with Crippen LogP contribution in [0.2, 0.25) is 5.02 Å². The lowest BCUT2D eigenvalue weighted by molar-refractivity contribution is 0.186. The van der Waals surface area contributed by atoms with Gasteiger partial charge in [-0.25, -0.2) is 13.2 Å². The highest BCUT2D eigenvalue weighted by molar-refractivity contribution is 6.30. The number of para-hydroxylation sites is 1. The average molecular weight is 313 g/mol. The molecule has 108 valence electrons. The molecule has 0 radical (unpaired) electrons. The molecule has 0 aliphatic rings. The quantitative estimate of drug-likeness (QED) is 0.702. The minimum absolute atomic E-state index is 0.0543. The summed E-state index contributed by atoms with van der Waals surface area (Å²) in [4.78, 5) is 0. The Labute approximate surface area is 122 Å². The summed E-state index contributed by atoms with van der Waals surface area (Å²) < 4.78 is 45.9. The number of benzene rings is 2. The number of hydrogen-bond acceptors (Lipinski definition) is 2. The SMILES string of the molecule is OC(c1cc2cccc(F)c2o1)c1cc(F)c(Cl)cc1F. The van der Waals surface area contributed by atoms with E-state index in [1.54, 1.807) is 6.07 Å². The number of furan rings is 1. The lowest BCUT2D eigenvalue weighted by Gasteiger charge is -2.10. The van der Waals surface area contributed by atoms with Crippen molar-refractivity contribution in [3.05, 3.63) is 70.2 Å². The third kappa shape index (κ3) is 2.39. The molecule has 3 aromatic rings. The zero-order chi connectivity index (χ0) is 15.1. The third-order valence-corrected chi connectivity index (χ3v) is 3.41. The van der Waals surface area contributed by atoms with Gasteiger partial charge in [-0.2, -0.15) is 0 Å². The molecule has 0 aliphatic heterocycles. The topological polar surface area (TPSA) is 33.4 Å². The summed E-state index contributed by atoms with van der Waals surface area (Å²) in [5.74, 6) is -2.44. The maximum absolute atomic E-state index is 13.8. The summed E-state index contributed by atoms with van der Waals surface area (Å²) in [5, 5.41) is 10.1. The second-order valence-electron chi connectivity index (χ2n) is 4.50. The molecule has 21 heavy (non-hydrogen) atoms. The van der Waals surface area contributed by atoms with Crippen LogP contribution < -0.4 is 0 Å². The van der Waals surface area contributed by atoms with Crippen LogP contribution in [0, 0.1) is 17.5 Å². The number of rotatable bonds is 2. The van der Waals surface area contributed by atoms with Crippen molar-refractivity contribution in [1.82, 2.24) is 0 Å². The summed E-state index contributed by atoms with van der Waals surface area (Å²) in [5.41, 5.74) is -0.391. The van der Waals surface area contributed by atoms with E-state index in [-0.39, 0.29) is 21.9 Å². The zero-order valence-electron chi connectivity index (χ0n) is 10.4. The van der Waals surface area contributed by atoms with Gasteiger partial charge in [-0.05, 0) is 24.3 Å². The Morgan fingerprint density at radius 2 is 1.76 bits per heavy atom. The molecule has 1 heterocycles. The fraction of sp³-hybridized carbons (Fsp3) is 0.0667. The van der Waals surface area contributed by atoms with Gasteiger partial charge in [0.1, 0.15) is 23.5 Å². The molecule has 0 amide bonds. The van der Waals surface area contributed by atoms with E-state index in [4.69, 9.17) is 16.0 Å². The summed E-state index contributed by atoms with van der Waals surface area (Å²) in [6, 6.07) is 7.17. The molecule has 1 N–H and O–H groups in total. The molecule has 1 unspecified atom stereocenters. The molecule has 0 saturated heterocycles. The first-order valence-electron chi connectivity index (χ1n) is 5.98. The molecular weight excluding hydrogens is 305 g/mol. The van der Waals surface area contributed by atoms with Crippen molar-refractivity contribution in [3.63, 3.8) is 0 Å². The number of hydrogen-bond donors (Lipinski definition) is 1. The van der Waals surface area contributed by atoms with E-state index >= 15 is 0 Å². The van der Waals surface area contributed by atoms with Crippen LogP contribution >= 0.6 is 11.6 Å². The van der Waals surface area contributed by atoms with E-state index in [9.17, 15) is 18.3 Å². The normalized spacial score (nSPS) is 12.8. The van der Waals surface area contributed by atoms with Gasteiger partial charge in [0.05, 0.1) is 5.02 Å². The second-order valence-corrected chi connectivity index (χ2v) is 4.90. The monoisotopic (exact) mass is 312 g/mol. The Hall–Kier alpha value is -1.98. The predicted octanol–water partition coefficient (Wildman–Crippen LogP) is 4.59. The molecule has 0 spiro atoms. The third-order valence-electron chi connectivity index (χ3n) is 3.12. The van der Waals surface area contributed by atoms with Gasteiger partial charge in [0.2, 0.25) is 0 Å². The van der Waals surface area contributed by atoms with Gasteiger partial charge in [0.15, 0.2) is 11.4 Å². The number of halogens is 4. The summed E-state index contributed by atoms with van der Waals surface area (Å²) >= 11 is 5.45. The maximum Gasteiger partial charge on any atom is 0.170 e. The van der Waals surface area contributed by atoms with Gasteiger partial charge >= 0.3 is 0 Å². The largest absolute Gasteiger partial charge is 0.455 e. The van der Waals surface area contributed by atoms with Gasteiger partial charge in [-0.3, -0.25) is 0 Å². The van der Waals surface area contributed by atoms with E-state index in [0.717, 1.165) is 12.1 Å². The molecule has 0 bridgehead atoms. The van der Waals surface area contributed by atoms with Crippen molar-refractivity contribution in [1.29, 1.82) is 0 Å². The first-order chi connectivity index (χ1) is 9.97. The van der Waals surface area contributed by atoms with Crippen molar-refractivity contribution in [2.45, 2.75) is 6.10 Å². The van der Waals surface area contributed by atoms with Crippen molar-refractivity contribution in [2.24, 2.45) is 0 Å². The molecule has 1 aromatic heterocycles. The Morgan fingerprint density at radius 3 is 2.48 bits per heavy atom. The van der Waals surface area contributed by atoms with Crippen molar-refractivity contribution in [3.8, 4) is 0 Å². The van der Waals surface area contributed by atoms with Crippen LogP contribution in [0.3, 0.4) is 0 Å². The number of fused-ring (bicyclic) bond motifs is 1. The van der Waals surface area contributed by atoms with E-state index < -0.39 is 23.6 Å². The van der Waals surface area contributed by atoms with Gasteiger partial charge in [-0.1, -0.05) is 23.7 Å². The van der Waals surface area contributed by atoms with Crippen molar-refractivity contribution in [2.75, 3.05) is 0 Å². The summed E-state index contributed by atoms with van der Waals surface area (Å²) in [7, 11) is 0. The number of aliphatic hydroxyl groups is 1. The minimum atomic E-state index is -1.57. The van der Waals surface area contributed by atoms with Gasteiger partial charge in [0.25, 0.3) is 0 Å². The minimum Gasteiger partial charge on any atom is -0.455 e. The van der Waals surface area contributed by atoms with E-state index in [2.05, 4.69) is 0 Å². The molecule has 3 rings (SSSR count). The summed E-state index contributed by atoms with van der Waals surface area (Å²) in [6.07, 6.45) is -1.57. The molecule has 0 saturated carbocycles. The first kappa shape index (κ1) is 14.0. The van der Waals surface area contributed by atoms with Crippen molar-refractivity contribution >= 4 is 22.6 Å². The van der Waals surface area contributed by atoms with Crippen LogP contribution in [-0.2, 0) is 0 Å². The van der Waals surface area contributed by atoms with Gasteiger partial charge < -0.3 is 9.52 Å². The standard InChI is InChI=1S/C15H8ClF3O2/c16-9-6-11(18)8(5-12(9)19)14(20)13-4-7-2-1-3-10(17)15(7)21-13/h1-6,14,20H. The highest BCUT2D eigenvalue weighted by Crippen LogP contribution is 2.32. The Balaban J connectivity index is 2.10. The average Bonchev–Trinajstić information content (AvgIpc) is 2.87. The van der Waals surface area contributed by atoms with E-state index in [1.165, 1.54) is 18.2 Å². The zero-order valence-corrected chi connectivity index (χ0v) is 11.2. The maximum atomic E-state index is 13.8. The van der Waals surface area contributed by atoms with Crippen LogP contribution in [0.25, 0.3) is 11.0 Å². The first-order valence-corrected chi connectivity index (χ1v) is 6.35. The lowest BCUT2D eigenvalue weighted by atomic mass is 10.1. The molecule has 2 nitrogen and oxygen atoms in total. The van der Waals surface area contributed by atoms with Gasteiger partial charge in [-0.15, -0.1) is 0 Å². The van der Waals surface area contributed by atoms with Crippen LogP contribution in [-0.4, -0.2) is 5.11 Å². The van der Waals surface area contributed by atoms with Crippen LogP contribution in [0.15, 0.2) is 40.8 Å². The Bertz CT molecular complexity index is 829. The highest BCUT2D eigenvalue weighted by atomic mass is 35.5. The molecule has 0 aliphatic carbocycles. The van der Waals surface area contributed by atoms with Gasteiger partial charge in [0, 0.05) is 10.9 Å². The highest BCUT2D eigenvalue weighted by Gasteiger charge is 2.22. The predicted molar refractivity (Wildman–Crippen MR) is 71.6 cm³/mol.